The number of benzene rings is 3. The van der Waals surface area contributed by atoms with Crippen molar-refractivity contribution in [2.45, 2.75) is 26.0 Å². The Balaban J connectivity index is 1.56. The van der Waals surface area contributed by atoms with Crippen molar-refractivity contribution in [2.75, 3.05) is 13.2 Å². The van der Waals surface area contributed by atoms with Gasteiger partial charge < -0.3 is 19.1 Å². The van der Waals surface area contributed by atoms with E-state index in [4.69, 9.17) is 9.47 Å². The van der Waals surface area contributed by atoms with E-state index in [-0.39, 0.29) is 30.6 Å². The van der Waals surface area contributed by atoms with Crippen molar-refractivity contribution in [3.63, 3.8) is 0 Å². The SMILES string of the molecule is CCOC(Cc1ccc(OCCn2c(=O)c3ccccc3c(=O)c3ccccc32)cc1)C(=O)O. The summed E-state index contributed by atoms with van der Waals surface area (Å²) in [5.41, 5.74) is 0.956. The molecule has 1 aromatic heterocycles. The number of ether oxygens (including phenoxy) is 2. The van der Waals surface area contributed by atoms with E-state index in [1.54, 1.807) is 84.3 Å². The minimum absolute atomic E-state index is 0.176. The van der Waals surface area contributed by atoms with E-state index >= 15 is 0 Å². The third-order valence-corrected chi connectivity index (χ3v) is 5.66. The topological polar surface area (TPSA) is 94.8 Å². The minimum Gasteiger partial charge on any atom is -0.492 e. The van der Waals surface area contributed by atoms with Crippen LogP contribution in [0.15, 0.2) is 82.4 Å². The van der Waals surface area contributed by atoms with Crippen LogP contribution >= 0.6 is 0 Å². The first kappa shape index (κ1) is 23.2. The van der Waals surface area contributed by atoms with Gasteiger partial charge in [-0.2, -0.15) is 0 Å². The minimum atomic E-state index is -0.996. The first-order valence-electron chi connectivity index (χ1n) is 11.1. The van der Waals surface area contributed by atoms with Crippen LogP contribution in [-0.4, -0.2) is 35.0 Å². The molecule has 1 atom stereocenters. The molecule has 1 heterocycles. The van der Waals surface area contributed by atoms with Gasteiger partial charge in [0.1, 0.15) is 12.4 Å². The van der Waals surface area contributed by atoms with Gasteiger partial charge in [0.2, 0.25) is 0 Å². The molecule has 7 nitrogen and oxygen atoms in total. The molecule has 0 radical (unpaired) electrons. The number of hydrogen-bond donors (Lipinski definition) is 1. The molecular formula is C27H25NO6. The van der Waals surface area contributed by atoms with E-state index in [1.807, 2.05) is 0 Å². The van der Waals surface area contributed by atoms with Crippen LogP contribution in [0.5, 0.6) is 5.75 Å². The van der Waals surface area contributed by atoms with Gasteiger partial charge in [-0.3, -0.25) is 9.59 Å². The average Bonchev–Trinajstić information content (AvgIpc) is 2.94. The summed E-state index contributed by atoms with van der Waals surface area (Å²) in [6.45, 7) is 2.55. The summed E-state index contributed by atoms with van der Waals surface area (Å²) in [4.78, 5) is 37.6. The lowest BCUT2D eigenvalue weighted by atomic mass is 10.1. The maximum atomic E-state index is 13.3. The molecule has 0 aliphatic rings. The Labute approximate surface area is 195 Å². The second-order valence-corrected chi connectivity index (χ2v) is 7.83. The molecule has 0 spiro atoms. The van der Waals surface area contributed by atoms with E-state index in [2.05, 4.69) is 0 Å². The standard InChI is InChI=1S/C27H25NO6/c1-2-33-24(27(31)32)17-18-11-13-19(14-12-18)34-16-15-28-23-10-6-5-9-22(23)25(29)20-7-3-4-8-21(20)26(28)30/h3-14,24H,2,15-17H2,1H3,(H,31,32). The van der Waals surface area contributed by atoms with Crippen LogP contribution in [0.1, 0.15) is 12.5 Å². The molecule has 0 fully saturated rings. The lowest BCUT2D eigenvalue weighted by molar-refractivity contribution is -0.149. The summed E-state index contributed by atoms with van der Waals surface area (Å²) in [5.74, 6) is -0.399. The van der Waals surface area contributed by atoms with Crippen LogP contribution in [0.25, 0.3) is 21.7 Å². The highest BCUT2D eigenvalue weighted by Gasteiger charge is 2.18. The van der Waals surface area contributed by atoms with Crippen LogP contribution in [0.3, 0.4) is 0 Å². The molecule has 1 N–H and O–H groups in total. The zero-order valence-corrected chi connectivity index (χ0v) is 18.8. The van der Waals surface area contributed by atoms with E-state index in [9.17, 15) is 19.5 Å². The maximum absolute atomic E-state index is 13.3. The summed E-state index contributed by atoms with van der Waals surface area (Å²) < 4.78 is 12.7. The number of aromatic nitrogens is 1. The Morgan fingerprint density at radius 3 is 2.24 bits per heavy atom. The van der Waals surface area contributed by atoms with Crippen LogP contribution < -0.4 is 15.7 Å². The number of fused-ring (bicyclic) bond motifs is 2. The van der Waals surface area contributed by atoms with Crippen molar-refractivity contribution in [1.82, 2.24) is 4.57 Å². The van der Waals surface area contributed by atoms with Gasteiger partial charge in [-0.1, -0.05) is 42.5 Å². The molecule has 34 heavy (non-hydrogen) atoms. The van der Waals surface area contributed by atoms with Crippen LogP contribution in [0.4, 0.5) is 0 Å². The predicted octanol–water partition coefficient (Wildman–Crippen LogP) is 3.63. The molecule has 1 unspecified atom stereocenters. The monoisotopic (exact) mass is 459 g/mol. The zero-order chi connectivity index (χ0) is 24.1. The fraction of sp³-hybridized carbons (Fsp3) is 0.222. The largest absolute Gasteiger partial charge is 0.492 e. The molecule has 4 rings (SSSR count). The van der Waals surface area contributed by atoms with E-state index in [0.717, 1.165) is 5.56 Å². The van der Waals surface area contributed by atoms with Crippen molar-refractivity contribution >= 4 is 27.6 Å². The highest BCUT2D eigenvalue weighted by Crippen LogP contribution is 2.16. The lowest BCUT2D eigenvalue weighted by Gasteiger charge is -2.13. The van der Waals surface area contributed by atoms with Gasteiger partial charge in [0.05, 0.1) is 17.4 Å². The Hall–Kier alpha value is -3.97. The molecule has 4 aromatic rings. The van der Waals surface area contributed by atoms with Crippen LogP contribution in [0.2, 0.25) is 0 Å². The molecule has 0 amide bonds. The quantitative estimate of drug-likeness (QED) is 0.411. The summed E-state index contributed by atoms with van der Waals surface area (Å²) in [7, 11) is 0. The molecular weight excluding hydrogens is 434 g/mol. The molecule has 0 aliphatic carbocycles. The van der Waals surface area contributed by atoms with Crippen molar-refractivity contribution in [2.24, 2.45) is 0 Å². The maximum Gasteiger partial charge on any atom is 0.333 e. The molecule has 0 bridgehead atoms. The third kappa shape index (κ3) is 4.84. The summed E-state index contributed by atoms with van der Waals surface area (Å²) in [6.07, 6.45) is -0.632. The Morgan fingerprint density at radius 1 is 0.912 bits per heavy atom. The first-order chi connectivity index (χ1) is 16.5. The first-order valence-corrected chi connectivity index (χ1v) is 11.1. The van der Waals surface area contributed by atoms with E-state index in [1.165, 1.54) is 0 Å². The van der Waals surface area contributed by atoms with E-state index < -0.39 is 12.1 Å². The number of carbonyl (C=O) groups is 1. The number of rotatable bonds is 9. The fourth-order valence-electron chi connectivity index (χ4n) is 4.00. The van der Waals surface area contributed by atoms with Crippen molar-refractivity contribution in [1.29, 1.82) is 0 Å². The second kappa shape index (κ2) is 10.3. The smallest absolute Gasteiger partial charge is 0.333 e. The fourth-order valence-corrected chi connectivity index (χ4v) is 4.00. The molecule has 0 saturated carbocycles. The number of para-hydroxylation sites is 1. The van der Waals surface area contributed by atoms with Crippen molar-refractivity contribution in [3.05, 3.63) is 98.9 Å². The molecule has 7 heteroatoms. The number of carboxylic acids is 1. The number of nitrogens with zero attached hydrogens (tertiary/aromatic N) is 1. The van der Waals surface area contributed by atoms with Gasteiger partial charge >= 0.3 is 5.97 Å². The van der Waals surface area contributed by atoms with Crippen LogP contribution in [0, 0.1) is 0 Å². The van der Waals surface area contributed by atoms with Crippen LogP contribution in [-0.2, 0) is 22.5 Å². The lowest BCUT2D eigenvalue weighted by Crippen LogP contribution is -2.26. The summed E-state index contributed by atoms with van der Waals surface area (Å²) >= 11 is 0. The van der Waals surface area contributed by atoms with Crippen molar-refractivity contribution in [3.8, 4) is 5.75 Å². The Kier molecular flexibility index (Phi) is 7.04. The average molecular weight is 459 g/mol. The summed E-state index contributed by atoms with van der Waals surface area (Å²) in [6, 6.07) is 21.0. The number of carboxylic acid groups (broad SMARTS) is 1. The highest BCUT2D eigenvalue weighted by atomic mass is 16.5. The zero-order valence-electron chi connectivity index (χ0n) is 18.8. The molecule has 3 aromatic carbocycles. The molecule has 0 saturated heterocycles. The second-order valence-electron chi connectivity index (χ2n) is 7.83. The van der Waals surface area contributed by atoms with E-state index in [0.29, 0.717) is 34.0 Å². The highest BCUT2D eigenvalue weighted by molar-refractivity contribution is 5.90. The normalized spacial score (nSPS) is 12.0. The van der Waals surface area contributed by atoms with Gasteiger partial charge in [0.15, 0.2) is 11.5 Å². The van der Waals surface area contributed by atoms with Gasteiger partial charge in [-0.05, 0) is 42.8 Å². The predicted molar refractivity (Wildman–Crippen MR) is 131 cm³/mol. The van der Waals surface area contributed by atoms with Crippen molar-refractivity contribution < 1.29 is 19.4 Å². The van der Waals surface area contributed by atoms with Gasteiger partial charge in [-0.25, -0.2) is 4.79 Å². The van der Waals surface area contributed by atoms with Gasteiger partial charge in [0.25, 0.3) is 5.56 Å². The Morgan fingerprint density at radius 2 is 1.56 bits per heavy atom. The summed E-state index contributed by atoms with van der Waals surface area (Å²) in [5, 5.41) is 10.5. The number of hydrogen-bond acceptors (Lipinski definition) is 5. The Bertz CT molecular complexity index is 1440. The number of aliphatic carboxylic acids is 1. The van der Waals surface area contributed by atoms with Gasteiger partial charge in [-0.15, -0.1) is 0 Å². The molecule has 174 valence electrons. The third-order valence-electron chi connectivity index (χ3n) is 5.66. The molecule has 0 aliphatic heterocycles. The van der Waals surface area contributed by atoms with Gasteiger partial charge in [0, 0.05) is 23.8 Å².